The second-order valence-corrected chi connectivity index (χ2v) is 5.53. The second kappa shape index (κ2) is 4.57. The number of nitrogens with zero attached hydrogens (tertiary/aromatic N) is 3. The highest BCUT2D eigenvalue weighted by atomic mass is 32.1. The number of carbonyl (C=O) groups is 1. The van der Waals surface area contributed by atoms with E-state index in [2.05, 4.69) is 5.10 Å². The molecule has 0 aromatic carbocycles. The zero-order valence-electron chi connectivity index (χ0n) is 10.2. The zero-order chi connectivity index (χ0) is 12.5. The van der Waals surface area contributed by atoms with E-state index in [0.29, 0.717) is 0 Å². The van der Waals surface area contributed by atoms with Crippen molar-refractivity contribution in [2.45, 2.75) is 18.9 Å². The van der Waals surface area contributed by atoms with Crippen molar-refractivity contribution >= 4 is 17.2 Å². The van der Waals surface area contributed by atoms with E-state index in [4.69, 9.17) is 0 Å². The molecule has 2 aromatic rings. The Morgan fingerprint density at radius 2 is 2.44 bits per heavy atom. The highest BCUT2D eigenvalue weighted by molar-refractivity contribution is 7.12. The van der Waals surface area contributed by atoms with Crippen LogP contribution in [0.4, 0.5) is 0 Å². The molecule has 0 spiro atoms. The molecule has 3 heterocycles. The van der Waals surface area contributed by atoms with Crippen LogP contribution in [0.5, 0.6) is 0 Å². The van der Waals surface area contributed by atoms with Gasteiger partial charge in [-0.15, -0.1) is 11.3 Å². The molecular formula is C13H15N3OS. The smallest absolute Gasteiger partial charge is 0.264 e. The fourth-order valence-corrected chi connectivity index (χ4v) is 3.19. The van der Waals surface area contributed by atoms with Crippen LogP contribution in [0.3, 0.4) is 0 Å². The van der Waals surface area contributed by atoms with Crippen LogP contribution in [0.2, 0.25) is 0 Å². The van der Waals surface area contributed by atoms with Crippen molar-refractivity contribution in [2.75, 3.05) is 6.54 Å². The predicted molar refractivity (Wildman–Crippen MR) is 70.5 cm³/mol. The first-order valence-electron chi connectivity index (χ1n) is 6.09. The molecule has 5 heteroatoms. The summed E-state index contributed by atoms with van der Waals surface area (Å²) in [6.07, 6.45) is 5.97. The summed E-state index contributed by atoms with van der Waals surface area (Å²) in [6.45, 7) is 0.844. The van der Waals surface area contributed by atoms with E-state index in [0.717, 1.165) is 29.8 Å². The lowest BCUT2D eigenvalue weighted by molar-refractivity contribution is 0.0740. The standard InChI is InChI=1S/C13H15N3OS/c1-15-9-10(8-14-15)11-4-2-6-16(11)13(17)12-5-3-7-18-12/h3,5,7-9,11H,2,4,6H2,1H3/t11-/m1/s1. The van der Waals surface area contributed by atoms with E-state index in [9.17, 15) is 4.79 Å². The molecule has 3 rings (SSSR count). The van der Waals surface area contributed by atoms with E-state index >= 15 is 0 Å². The minimum absolute atomic E-state index is 0.149. The summed E-state index contributed by atoms with van der Waals surface area (Å²) in [5.74, 6) is 0.149. The van der Waals surface area contributed by atoms with Crippen molar-refractivity contribution in [3.8, 4) is 0 Å². The Bertz CT molecular complexity index is 546. The van der Waals surface area contributed by atoms with Gasteiger partial charge in [-0.1, -0.05) is 6.07 Å². The van der Waals surface area contributed by atoms with Crippen LogP contribution in [0.15, 0.2) is 29.9 Å². The molecule has 1 atom stereocenters. The third kappa shape index (κ3) is 1.95. The van der Waals surface area contributed by atoms with E-state index in [-0.39, 0.29) is 11.9 Å². The molecule has 1 saturated heterocycles. The first kappa shape index (κ1) is 11.5. The first-order valence-corrected chi connectivity index (χ1v) is 6.96. The van der Waals surface area contributed by atoms with Crippen molar-refractivity contribution < 1.29 is 4.79 Å². The van der Waals surface area contributed by atoms with Crippen molar-refractivity contribution in [3.05, 3.63) is 40.3 Å². The van der Waals surface area contributed by atoms with Crippen LogP contribution in [-0.2, 0) is 7.05 Å². The summed E-state index contributed by atoms with van der Waals surface area (Å²) in [6, 6.07) is 4.01. The fraction of sp³-hybridized carbons (Fsp3) is 0.385. The van der Waals surface area contributed by atoms with E-state index in [1.165, 1.54) is 11.3 Å². The minimum Gasteiger partial charge on any atom is -0.331 e. The van der Waals surface area contributed by atoms with Crippen molar-refractivity contribution in [1.29, 1.82) is 0 Å². The number of aryl methyl sites for hydroxylation is 1. The Balaban J connectivity index is 1.85. The first-order chi connectivity index (χ1) is 8.75. The Morgan fingerprint density at radius 1 is 1.56 bits per heavy atom. The van der Waals surface area contributed by atoms with Crippen molar-refractivity contribution in [1.82, 2.24) is 14.7 Å². The van der Waals surface area contributed by atoms with Crippen LogP contribution < -0.4 is 0 Å². The quantitative estimate of drug-likeness (QED) is 0.833. The van der Waals surface area contributed by atoms with Gasteiger partial charge in [0.15, 0.2) is 0 Å². The average molecular weight is 261 g/mol. The fourth-order valence-electron chi connectivity index (χ4n) is 2.51. The number of hydrogen-bond acceptors (Lipinski definition) is 3. The molecule has 1 amide bonds. The molecular weight excluding hydrogens is 246 g/mol. The molecule has 0 radical (unpaired) electrons. The maximum absolute atomic E-state index is 12.4. The van der Waals surface area contributed by atoms with Crippen LogP contribution in [0, 0.1) is 0 Å². The number of rotatable bonds is 2. The van der Waals surface area contributed by atoms with E-state index in [1.54, 1.807) is 4.68 Å². The lowest BCUT2D eigenvalue weighted by Gasteiger charge is -2.23. The molecule has 0 saturated carbocycles. The van der Waals surface area contributed by atoms with Gasteiger partial charge < -0.3 is 4.90 Å². The van der Waals surface area contributed by atoms with Gasteiger partial charge in [-0.2, -0.15) is 5.10 Å². The summed E-state index contributed by atoms with van der Waals surface area (Å²) in [5.41, 5.74) is 1.14. The maximum Gasteiger partial charge on any atom is 0.264 e. The summed E-state index contributed by atoms with van der Waals surface area (Å²) < 4.78 is 1.79. The van der Waals surface area contributed by atoms with Gasteiger partial charge in [0.25, 0.3) is 5.91 Å². The third-order valence-electron chi connectivity index (χ3n) is 3.36. The summed E-state index contributed by atoms with van der Waals surface area (Å²) in [4.78, 5) is 15.2. The number of thiophene rings is 1. The normalized spacial score (nSPS) is 19.4. The summed E-state index contributed by atoms with van der Waals surface area (Å²) in [7, 11) is 1.91. The monoisotopic (exact) mass is 261 g/mol. The van der Waals surface area contributed by atoms with Gasteiger partial charge in [-0.05, 0) is 24.3 Å². The summed E-state index contributed by atoms with van der Waals surface area (Å²) in [5, 5.41) is 6.15. The minimum atomic E-state index is 0.149. The molecule has 2 aromatic heterocycles. The molecule has 0 aliphatic carbocycles. The van der Waals surface area contributed by atoms with E-state index in [1.807, 2.05) is 41.9 Å². The number of amides is 1. The van der Waals surface area contributed by atoms with Crippen LogP contribution in [-0.4, -0.2) is 27.1 Å². The lowest BCUT2D eigenvalue weighted by atomic mass is 10.1. The third-order valence-corrected chi connectivity index (χ3v) is 4.21. The van der Waals surface area contributed by atoms with Gasteiger partial charge in [-0.25, -0.2) is 0 Å². The molecule has 0 bridgehead atoms. The Kier molecular flexibility index (Phi) is 2.91. The number of hydrogen-bond donors (Lipinski definition) is 0. The van der Waals surface area contributed by atoms with Gasteiger partial charge >= 0.3 is 0 Å². The molecule has 1 fully saturated rings. The van der Waals surface area contributed by atoms with E-state index < -0.39 is 0 Å². The molecule has 94 valence electrons. The average Bonchev–Trinajstić information content (AvgIpc) is 3.09. The molecule has 1 aliphatic heterocycles. The van der Waals surface area contributed by atoms with Gasteiger partial charge in [-0.3, -0.25) is 9.48 Å². The van der Waals surface area contributed by atoms with Crippen LogP contribution in [0.1, 0.15) is 34.1 Å². The van der Waals surface area contributed by atoms with Crippen LogP contribution in [0.25, 0.3) is 0 Å². The Hall–Kier alpha value is -1.62. The highest BCUT2D eigenvalue weighted by Gasteiger charge is 2.31. The lowest BCUT2D eigenvalue weighted by Crippen LogP contribution is -2.29. The van der Waals surface area contributed by atoms with Gasteiger partial charge in [0.2, 0.25) is 0 Å². The molecule has 0 unspecified atom stereocenters. The number of likely N-dealkylation sites (tertiary alicyclic amines) is 1. The maximum atomic E-state index is 12.4. The zero-order valence-corrected chi connectivity index (χ0v) is 11.1. The molecule has 18 heavy (non-hydrogen) atoms. The highest BCUT2D eigenvalue weighted by Crippen LogP contribution is 2.33. The van der Waals surface area contributed by atoms with Gasteiger partial charge in [0.1, 0.15) is 0 Å². The number of aromatic nitrogens is 2. The predicted octanol–water partition coefficient (Wildman–Crippen LogP) is 2.46. The van der Waals surface area contributed by atoms with Gasteiger partial charge in [0, 0.05) is 25.4 Å². The topological polar surface area (TPSA) is 38.1 Å². The van der Waals surface area contributed by atoms with Crippen molar-refractivity contribution in [3.63, 3.8) is 0 Å². The largest absolute Gasteiger partial charge is 0.331 e. The SMILES string of the molecule is Cn1cc([C@H]2CCCN2C(=O)c2cccs2)cn1. The molecule has 1 aliphatic rings. The summed E-state index contributed by atoms with van der Waals surface area (Å²) >= 11 is 1.51. The van der Waals surface area contributed by atoms with Crippen LogP contribution >= 0.6 is 11.3 Å². The number of carbonyl (C=O) groups excluding carboxylic acids is 1. The molecule has 4 nitrogen and oxygen atoms in total. The van der Waals surface area contributed by atoms with Gasteiger partial charge in [0.05, 0.1) is 17.1 Å². The van der Waals surface area contributed by atoms with Crippen molar-refractivity contribution in [2.24, 2.45) is 7.05 Å². The molecule has 0 N–H and O–H groups in total. The Morgan fingerprint density at radius 3 is 3.11 bits per heavy atom. The second-order valence-electron chi connectivity index (χ2n) is 4.58. The Labute approximate surface area is 110 Å².